The third-order valence-corrected chi connectivity index (χ3v) is 8.59. The van der Waals surface area contributed by atoms with E-state index in [4.69, 9.17) is 9.84 Å². The Labute approximate surface area is 233 Å². The lowest BCUT2D eigenvalue weighted by Gasteiger charge is -2.38. The predicted octanol–water partition coefficient (Wildman–Crippen LogP) is 4.27. The lowest BCUT2D eigenvalue weighted by Crippen LogP contribution is -2.59. The molecule has 0 radical (unpaired) electrons. The molecule has 3 aliphatic heterocycles. The van der Waals surface area contributed by atoms with Gasteiger partial charge in [0.15, 0.2) is 0 Å². The van der Waals surface area contributed by atoms with Crippen LogP contribution in [0.2, 0.25) is 0 Å². The number of nitrogens with zero attached hydrogens (tertiary/aromatic N) is 1. The number of anilines is 1. The van der Waals surface area contributed by atoms with Crippen LogP contribution in [0.1, 0.15) is 86.5 Å². The van der Waals surface area contributed by atoms with E-state index in [9.17, 15) is 14.4 Å². The molecule has 3 saturated heterocycles. The summed E-state index contributed by atoms with van der Waals surface area (Å²) in [6.45, 7) is 13.0. The first-order valence-electron chi connectivity index (χ1n) is 14.5. The van der Waals surface area contributed by atoms with Crippen molar-refractivity contribution in [3.05, 3.63) is 30.3 Å². The molecule has 1 aromatic carbocycles. The Bertz CT molecular complexity index is 1070. The Morgan fingerprint density at radius 2 is 1.69 bits per heavy atom. The van der Waals surface area contributed by atoms with Gasteiger partial charge in [-0.2, -0.15) is 0 Å². The minimum Gasteiger partial charge on any atom is -0.396 e. The number of likely N-dealkylation sites (tertiary alicyclic amines) is 1. The number of amides is 3. The number of unbranched alkanes of at least 4 members (excludes halogenated alkanes) is 3. The van der Waals surface area contributed by atoms with Gasteiger partial charge in [-0.05, 0) is 70.4 Å². The van der Waals surface area contributed by atoms with Gasteiger partial charge in [-0.3, -0.25) is 14.4 Å². The maximum absolute atomic E-state index is 14.2. The number of nitrogens with one attached hydrogen (secondary N) is 2. The van der Waals surface area contributed by atoms with Crippen LogP contribution in [0, 0.1) is 17.3 Å². The van der Waals surface area contributed by atoms with Crippen LogP contribution < -0.4 is 10.6 Å². The summed E-state index contributed by atoms with van der Waals surface area (Å²) in [6.07, 6.45) is 5.10. The Kier molecular flexibility index (Phi) is 8.21. The van der Waals surface area contributed by atoms with Gasteiger partial charge >= 0.3 is 0 Å². The average Bonchev–Trinajstić information content (AvgIpc) is 3.38. The third kappa shape index (κ3) is 5.87. The molecule has 3 N–H and O–H groups in total. The van der Waals surface area contributed by atoms with Gasteiger partial charge in [0.1, 0.15) is 11.6 Å². The predicted molar refractivity (Wildman–Crippen MR) is 151 cm³/mol. The maximum Gasteiger partial charge on any atom is 0.246 e. The molecule has 216 valence electrons. The zero-order chi connectivity index (χ0) is 28.6. The van der Waals surface area contributed by atoms with Crippen LogP contribution in [0.15, 0.2) is 30.3 Å². The molecule has 0 aromatic heterocycles. The zero-order valence-electron chi connectivity index (χ0n) is 24.5. The number of fused-ring (bicyclic) bond motifs is 1. The SMILES string of the molecule is CC(C)(C)CC(C)(C)NC(=O)C1N(CCCCCCO)C(=O)[C@@H]2[C@H](C(=O)Nc3ccccc3)[C@]3(C)CCC12O3. The molecule has 3 heterocycles. The number of hydrogen-bond donors (Lipinski definition) is 3. The Morgan fingerprint density at radius 1 is 1.03 bits per heavy atom. The van der Waals surface area contributed by atoms with E-state index < -0.39 is 34.6 Å². The number of aliphatic hydroxyl groups is 1. The molecule has 0 aliphatic carbocycles. The summed E-state index contributed by atoms with van der Waals surface area (Å²) in [5.74, 6) is -2.00. The first-order valence-corrected chi connectivity index (χ1v) is 14.5. The molecule has 0 saturated carbocycles. The summed E-state index contributed by atoms with van der Waals surface area (Å²) >= 11 is 0. The molecular formula is C31H47N3O5. The highest BCUT2D eigenvalue weighted by molar-refractivity contribution is 6.02. The summed E-state index contributed by atoms with van der Waals surface area (Å²) in [5.41, 5.74) is -1.65. The van der Waals surface area contributed by atoms with Crippen molar-refractivity contribution in [2.24, 2.45) is 17.3 Å². The van der Waals surface area contributed by atoms with Gasteiger partial charge in [0, 0.05) is 24.4 Å². The highest BCUT2D eigenvalue weighted by Crippen LogP contribution is 2.63. The van der Waals surface area contributed by atoms with Gasteiger partial charge in [0.05, 0.1) is 17.4 Å². The minimum absolute atomic E-state index is 0.00585. The van der Waals surface area contributed by atoms with Gasteiger partial charge in [-0.25, -0.2) is 0 Å². The number of ether oxygens (including phenoxy) is 1. The maximum atomic E-state index is 14.2. The van der Waals surface area contributed by atoms with Crippen LogP contribution in [0.5, 0.6) is 0 Å². The van der Waals surface area contributed by atoms with Crippen LogP contribution in [-0.2, 0) is 19.1 Å². The smallest absolute Gasteiger partial charge is 0.246 e. The second-order valence-electron chi connectivity index (χ2n) is 13.9. The van der Waals surface area contributed by atoms with Crippen molar-refractivity contribution in [2.45, 2.75) is 109 Å². The van der Waals surface area contributed by atoms with E-state index in [2.05, 4.69) is 31.4 Å². The lowest BCUT2D eigenvalue weighted by atomic mass is 9.66. The van der Waals surface area contributed by atoms with Crippen molar-refractivity contribution < 1.29 is 24.2 Å². The molecule has 3 fully saturated rings. The number of benzene rings is 1. The second kappa shape index (κ2) is 10.8. The van der Waals surface area contributed by atoms with E-state index in [1.807, 2.05) is 51.1 Å². The van der Waals surface area contributed by atoms with Crippen molar-refractivity contribution >= 4 is 23.4 Å². The molecule has 2 bridgehead atoms. The quantitative estimate of drug-likeness (QED) is 0.363. The molecule has 39 heavy (non-hydrogen) atoms. The van der Waals surface area contributed by atoms with E-state index in [-0.39, 0.29) is 29.7 Å². The molecule has 3 amide bonds. The monoisotopic (exact) mass is 541 g/mol. The van der Waals surface area contributed by atoms with Crippen LogP contribution >= 0.6 is 0 Å². The van der Waals surface area contributed by atoms with E-state index in [0.717, 1.165) is 25.7 Å². The standard InChI is InChI=1S/C31H47N3O5/c1-28(2,3)20-29(4,5)33-26(37)24-31-17-16-30(6,39-31)22(25(36)32-21-14-10-9-11-15-21)23(31)27(38)34(24)18-12-7-8-13-19-35/h9-11,14-15,22-24,35H,7-8,12-13,16-20H2,1-6H3,(H,32,36)(H,33,37)/t22-,23+,24?,30+,31?/m1/s1. The van der Waals surface area contributed by atoms with E-state index in [1.54, 1.807) is 4.90 Å². The van der Waals surface area contributed by atoms with Gasteiger partial charge in [0.2, 0.25) is 17.7 Å². The Balaban J connectivity index is 1.64. The Hall–Kier alpha value is -2.45. The number of aliphatic hydroxyl groups excluding tert-OH is 1. The van der Waals surface area contributed by atoms with Crippen LogP contribution in [0.25, 0.3) is 0 Å². The molecule has 8 nitrogen and oxygen atoms in total. The first-order chi connectivity index (χ1) is 18.2. The molecule has 1 aromatic rings. The largest absolute Gasteiger partial charge is 0.396 e. The molecule has 8 heteroatoms. The molecule has 5 atom stereocenters. The van der Waals surface area contributed by atoms with Gasteiger partial charge in [-0.15, -0.1) is 0 Å². The fraction of sp³-hybridized carbons (Fsp3) is 0.710. The number of para-hydroxylation sites is 1. The van der Waals surface area contributed by atoms with Crippen molar-refractivity contribution in [2.75, 3.05) is 18.5 Å². The lowest BCUT2D eigenvalue weighted by molar-refractivity contribution is -0.146. The van der Waals surface area contributed by atoms with E-state index in [0.29, 0.717) is 31.5 Å². The highest BCUT2D eigenvalue weighted by Gasteiger charge is 2.77. The van der Waals surface area contributed by atoms with Crippen LogP contribution in [0.4, 0.5) is 5.69 Å². The summed E-state index contributed by atoms with van der Waals surface area (Å²) in [4.78, 5) is 43.7. The Morgan fingerprint density at radius 3 is 2.33 bits per heavy atom. The topological polar surface area (TPSA) is 108 Å². The molecule has 1 spiro atoms. The van der Waals surface area contributed by atoms with Crippen molar-refractivity contribution in [3.63, 3.8) is 0 Å². The zero-order valence-corrected chi connectivity index (χ0v) is 24.5. The second-order valence-corrected chi connectivity index (χ2v) is 13.9. The molecule has 4 rings (SSSR count). The third-order valence-electron chi connectivity index (χ3n) is 8.59. The minimum atomic E-state index is -1.03. The van der Waals surface area contributed by atoms with Crippen molar-refractivity contribution in [3.8, 4) is 0 Å². The van der Waals surface area contributed by atoms with Gasteiger partial charge in [-0.1, -0.05) is 51.8 Å². The number of carbonyl (C=O) groups is 3. The van der Waals surface area contributed by atoms with Crippen LogP contribution in [0.3, 0.4) is 0 Å². The summed E-state index contributed by atoms with van der Waals surface area (Å²) in [5, 5.41) is 15.4. The van der Waals surface area contributed by atoms with Crippen LogP contribution in [-0.4, -0.2) is 63.7 Å². The summed E-state index contributed by atoms with van der Waals surface area (Å²) in [7, 11) is 0. The first kappa shape index (κ1) is 29.5. The van der Waals surface area contributed by atoms with E-state index in [1.165, 1.54) is 0 Å². The summed E-state index contributed by atoms with van der Waals surface area (Å²) in [6, 6.07) is 8.46. The fourth-order valence-corrected chi connectivity index (χ4v) is 7.63. The van der Waals surface area contributed by atoms with Crippen molar-refractivity contribution in [1.29, 1.82) is 0 Å². The number of hydrogen-bond acceptors (Lipinski definition) is 5. The highest BCUT2D eigenvalue weighted by atomic mass is 16.5. The van der Waals surface area contributed by atoms with Gasteiger partial charge in [0.25, 0.3) is 0 Å². The normalized spacial score (nSPS) is 30.0. The van der Waals surface area contributed by atoms with Gasteiger partial charge < -0.3 is 25.4 Å². The molecule has 3 aliphatic rings. The molecular weight excluding hydrogens is 494 g/mol. The molecule has 2 unspecified atom stereocenters. The fourth-order valence-electron chi connectivity index (χ4n) is 7.63. The van der Waals surface area contributed by atoms with E-state index >= 15 is 0 Å². The summed E-state index contributed by atoms with van der Waals surface area (Å²) < 4.78 is 6.72. The van der Waals surface area contributed by atoms with Crippen molar-refractivity contribution in [1.82, 2.24) is 10.2 Å². The number of rotatable bonds is 11. The number of carbonyl (C=O) groups excluding carboxylic acids is 3. The average molecular weight is 542 g/mol.